The van der Waals surface area contributed by atoms with Crippen molar-refractivity contribution in [2.75, 3.05) is 4.90 Å². The number of benzene rings is 2. The summed E-state index contributed by atoms with van der Waals surface area (Å²) in [5.41, 5.74) is 5.00. The Bertz CT molecular complexity index is 1190. The number of hydrogen-bond acceptors (Lipinski definition) is 4. The normalized spacial score (nSPS) is 20.2. The first-order chi connectivity index (χ1) is 15.0. The first kappa shape index (κ1) is 19.8. The minimum Gasteiger partial charge on any atom is -0.507 e. The third kappa shape index (κ3) is 3.39. The molecule has 0 spiro atoms. The Balaban J connectivity index is 1.66. The van der Waals surface area contributed by atoms with Gasteiger partial charge in [0.2, 0.25) is 0 Å². The van der Waals surface area contributed by atoms with Crippen LogP contribution in [-0.2, 0) is 22.4 Å². The van der Waals surface area contributed by atoms with Crippen LogP contribution in [0.25, 0.3) is 5.76 Å². The number of thiophene rings is 1. The van der Waals surface area contributed by atoms with E-state index in [0.717, 1.165) is 29.7 Å². The van der Waals surface area contributed by atoms with E-state index >= 15 is 0 Å². The van der Waals surface area contributed by atoms with Crippen molar-refractivity contribution in [3.8, 4) is 0 Å². The van der Waals surface area contributed by atoms with E-state index < -0.39 is 17.7 Å². The maximum absolute atomic E-state index is 13.2. The second-order valence-corrected chi connectivity index (χ2v) is 9.19. The highest BCUT2D eigenvalue weighted by Gasteiger charge is 2.47. The fourth-order valence-electron chi connectivity index (χ4n) is 4.56. The predicted octanol–water partition coefficient (Wildman–Crippen LogP) is 5.56. The molecule has 1 fully saturated rings. The highest BCUT2D eigenvalue weighted by molar-refractivity contribution is 7.10. The van der Waals surface area contributed by atoms with Crippen LogP contribution in [0.5, 0.6) is 0 Å². The van der Waals surface area contributed by atoms with Gasteiger partial charge in [-0.05, 0) is 73.4 Å². The Kier molecular flexibility index (Phi) is 4.98. The topological polar surface area (TPSA) is 57.6 Å². The molecular formula is C26H23NO3S. The Morgan fingerprint density at radius 2 is 1.74 bits per heavy atom. The van der Waals surface area contributed by atoms with E-state index in [0.29, 0.717) is 11.3 Å². The fraction of sp³-hybridized carbons (Fsp3) is 0.231. The van der Waals surface area contributed by atoms with Crippen molar-refractivity contribution in [1.82, 2.24) is 0 Å². The van der Waals surface area contributed by atoms with Crippen LogP contribution in [0.2, 0.25) is 0 Å². The number of hydrogen-bond donors (Lipinski definition) is 1. The zero-order chi connectivity index (χ0) is 21.5. The molecule has 1 saturated heterocycles. The number of carbonyl (C=O) groups excluding carboxylic acids is 2. The maximum Gasteiger partial charge on any atom is 0.300 e. The van der Waals surface area contributed by atoms with Crippen molar-refractivity contribution < 1.29 is 14.7 Å². The number of carbonyl (C=O) groups is 2. The molecule has 1 unspecified atom stereocenters. The van der Waals surface area contributed by atoms with Crippen LogP contribution in [0.4, 0.5) is 5.69 Å². The molecular weight excluding hydrogens is 406 g/mol. The summed E-state index contributed by atoms with van der Waals surface area (Å²) in [5, 5.41) is 13.2. The van der Waals surface area contributed by atoms with Crippen LogP contribution in [-0.4, -0.2) is 16.8 Å². The maximum atomic E-state index is 13.2. The molecule has 1 aromatic heterocycles. The quantitative estimate of drug-likeness (QED) is 0.337. The van der Waals surface area contributed by atoms with Crippen LogP contribution < -0.4 is 4.90 Å². The first-order valence-corrected chi connectivity index (χ1v) is 11.5. The van der Waals surface area contributed by atoms with Gasteiger partial charge in [-0.25, -0.2) is 0 Å². The molecule has 1 aliphatic heterocycles. The van der Waals surface area contributed by atoms with Crippen LogP contribution in [0, 0.1) is 6.92 Å². The Morgan fingerprint density at radius 1 is 1.00 bits per heavy atom. The molecule has 2 aliphatic rings. The standard InChI is InChI=1S/C26H23NO3S/c1-16-8-12-20(13-9-16)27-23(21-7-4-14-31-21)22(25(29)26(27)30)24(28)19-11-10-17-5-2-3-6-18(17)15-19/h4,7-15,23,28H,2-3,5-6H2,1H3/b24-22-. The Morgan fingerprint density at radius 3 is 2.45 bits per heavy atom. The van der Waals surface area contributed by atoms with E-state index in [4.69, 9.17) is 0 Å². The van der Waals surface area contributed by atoms with Gasteiger partial charge in [-0.2, -0.15) is 0 Å². The van der Waals surface area contributed by atoms with E-state index in [-0.39, 0.29) is 11.3 Å². The van der Waals surface area contributed by atoms with Gasteiger partial charge in [-0.3, -0.25) is 14.5 Å². The third-order valence-electron chi connectivity index (χ3n) is 6.19. The second-order valence-electron chi connectivity index (χ2n) is 8.21. The number of nitrogens with zero attached hydrogens (tertiary/aromatic N) is 1. The molecule has 0 saturated carbocycles. The molecule has 0 radical (unpaired) electrons. The second kappa shape index (κ2) is 7.82. The zero-order valence-electron chi connectivity index (χ0n) is 17.3. The lowest BCUT2D eigenvalue weighted by atomic mass is 9.89. The number of Topliss-reactive ketones (excluding diaryl/α,β-unsaturated/α-hetero) is 1. The Hall–Kier alpha value is -3.18. The first-order valence-electron chi connectivity index (χ1n) is 10.6. The van der Waals surface area contributed by atoms with Gasteiger partial charge < -0.3 is 5.11 Å². The lowest BCUT2D eigenvalue weighted by molar-refractivity contribution is -0.132. The molecule has 1 aliphatic carbocycles. The molecule has 156 valence electrons. The smallest absolute Gasteiger partial charge is 0.300 e. The third-order valence-corrected chi connectivity index (χ3v) is 7.12. The van der Waals surface area contributed by atoms with Gasteiger partial charge in [-0.1, -0.05) is 35.9 Å². The number of aryl methyl sites for hydroxylation is 3. The van der Waals surface area contributed by atoms with Gasteiger partial charge in [0, 0.05) is 16.1 Å². The van der Waals surface area contributed by atoms with Crippen LogP contribution in [0.15, 0.2) is 65.6 Å². The molecule has 1 N–H and O–H groups in total. The molecule has 31 heavy (non-hydrogen) atoms. The van der Waals surface area contributed by atoms with Crippen molar-refractivity contribution in [1.29, 1.82) is 0 Å². The number of aliphatic hydroxyl groups is 1. The summed E-state index contributed by atoms with van der Waals surface area (Å²) < 4.78 is 0. The van der Waals surface area contributed by atoms with Crippen LogP contribution >= 0.6 is 11.3 Å². The summed E-state index contributed by atoms with van der Waals surface area (Å²) in [6.45, 7) is 1.98. The number of amides is 1. The molecule has 0 bridgehead atoms. The summed E-state index contributed by atoms with van der Waals surface area (Å²) in [5.74, 6) is -1.35. The highest BCUT2D eigenvalue weighted by atomic mass is 32.1. The minimum atomic E-state index is -0.644. The fourth-order valence-corrected chi connectivity index (χ4v) is 5.38. The average molecular weight is 430 g/mol. The Labute approximate surface area is 185 Å². The van der Waals surface area contributed by atoms with Crippen molar-refractivity contribution in [2.24, 2.45) is 0 Å². The molecule has 5 heteroatoms. The van der Waals surface area contributed by atoms with E-state index in [1.807, 2.05) is 66.9 Å². The number of fused-ring (bicyclic) bond motifs is 1. The van der Waals surface area contributed by atoms with Gasteiger partial charge in [0.1, 0.15) is 11.8 Å². The summed E-state index contributed by atoms with van der Waals surface area (Å²) in [6.07, 6.45) is 4.33. The van der Waals surface area contributed by atoms with Gasteiger partial charge in [0.25, 0.3) is 11.7 Å². The number of rotatable bonds is 3. The lowest BCUT2D eigenvalue weighted by Crippen LogP contribution is -2.29. The van der Waals surface area contributed by atoms with E-state index in [9.17, 15) is 14.7 Å². The molecule has 1 amide bonds. The van der Waals surface area contributed by atoms with Gasteiger partial charge in [0.05, 0.1) is 5.57 Å². The average Bonchev–Trinajstić information content (AvgIpc) is 3.41. The van der Waals surface area contributed by atoms with Gasteiger partial charge >= 0.3 is 0 Å². The summed E-state index contributed by atoms with van der Waals surface area (Å²) in [7, 11) is 0. The number of ketones is 1. The van der Waals surface area contributed by atoms with Crippen molar-refractivity contribution in [3.63, 3.8) is 0 Å². The van der Waals surface area contributed by atoms with E-state index in [2.05, 4.69) is 0 Å². The van der Waals surface area contributed by atoms with E-state index in [1.165, 1.54) is 33.8 Å². The van der Waals surface area contributed by atoms with Crippen molar-refractivity contribution in [3.05, 3.63) is 92.7 Å². The van der Waals surface area contributed by atoms with Gasteiger partial charge in [-0.15, -0.1) is 11.3 Å². The molecule has 2 heterocycles. The van der Waals surface area contributed by atoms with Crippen LogP contribution in [0.3, 0.4) is 0 Å². The van der Waals surface area contributed by atoms with Crippen molar-refractivity contribution >= 4 is 34.5 Å². The number of aliphatic hydroxyl groups excluding tert-OH is 1. The largest absolute Gasteiger partial charge is 0.507 e. The van der Waals surface area contributed by atoms with E-state index in [1.54, 1.807) is 0 Å². The molecule has 2 aromatic carbocycles. The van der Waals surface area contributed by atoms with Gasteiger partial charge in [0.15, 0.2) is 0 Å². The van der Waals surface area contributed by atoms with Crippen molar-refractivity contribution in [2.45, 2.75) is 38.6 Å². The minimum absolute atomic E-state index is 0.0975. The zero-order valence-corrected chi connectivity index (χ0v) is 18.1. The molecule has 3 aromatic rings. The number of anilines is 1. The lowest BCUT2D eigenvalue weighted by Gasteiger charge is -2.24. The van der Waals surface area contributed by atoms with Crippen LogP contribution in [0.1, 0.15) is 46.0 Å². The predicted molar refractivity (Wildman–Crippen MR) is 123 cm³/mol. The SMILES string of the molecule is Cc1ccc(N2C(=O)C(=O)/C(=C(\O)c3ccc4c(c3)CCCC4)C2c2cccs2)cc1. The molecule has 5 rings (SSSR count). The summed E-state index contributed by atoms with van der Waals surface area (Å²) in [6, 6.07) is 16.6. The monoisotopic (exact) mass is 429 g/mol. The summed E-state index contributed by atoms with van der Waals surface area (Å²) >= 11 is 1.47. The highest BCUT2D eigenvalue weighted by Crippen LogP contribution is 2.43. The molecule has 4 nitrogen and oxygen atoms in total. The summed E-state index contributed by atoms with van der Waals surface area (Å²) in [4.78, 5) is 28.6. The molecule has 1 atom stereocenters.